The van der Waals surface area contributed by atoms with Crippen LogP contribution in [0.3, 0.4) is 0 Å². The van der Waals surface area contributed by atoms with Gasteiger partial charge in [0.2, 0.25) is 5.79 Å². The quantitative estimate of drug-likeness (QED) is 0.534. The minimum absolute atomic E-state index is 0.0598. The van der Waals surface area contributed by atoms with Crippen LogP contribution < -0.4 is 0 Å². The molecule has 6 heteroatoms. The highest BCUT2D eigenvalue weighted by Gasteiger charge is 2.46. The first-order valence-electron chi connectivity index (χ1n) is 11.2. The summed E-state index contributed by atoms with van der Waals surface area (Å²) in [5.41, 5.74) is 5.53. The molecule has 2 aliphatic carbocycles. The first-order chi connectivity index (χ1) is 14.8. The Morgan fingerprint density at radius 3 is 2.81 bits per heavy atom. The molecule has 2 aliphatic heterocycles. The minimum atomic E-state index is -0.938. The molecule has 0 N–H and O–H groups in total. The van der Waals surface area contributed by atoms with E-state index in [0.717, 1.165) is 41.1 Å². The largest absolute Gasteiger partial charge is 0.497 e. The molecule has 0 aromatic carbocycles. The van der Waals surface area contributed by atoms with Crippen LogP contribution in [0.2, 0.25) is 0 Å². The van der Waals surface area contributed by atoms with Gasteiger partial charge in [-0.2, -0.15) is 0 Å². The zero-order chi connectivity index (χ0) is 21.5. The molecule has 0 spiro atoms. The fourth-order valence-electron chi connectivity index (χ4n) is 5.72. The van der Waals surface area contributed by atoms with Gasteiger partial charge in [-0.05, 0) is 56.7 Å². The monoisotopic (exact) mass is 437 g/mol. The molecule has 0 bridgehead atoms. The molecular weight excluding hydrogens is 410 g/mol. The second-order valence-corrected chi connectivity index (χ2v) is 10.7. The number of aryl methyl sites for hydroxylation is 2. The van der Waals surface area contributed by atoms with Crippen LogP contribution >= 0.6 is 11.3 Å². The standard InChI is InChI=1S/C25H27NO4S/c1-12-8-9-15-16(10-12)28-11-14-6-5-7-17-19(14)21-20(15)18(13(2)26-23(21)31-17)22-24(27)30-25(3,4)29-22/h8,10,14-15,22H,5-7,9,11H2,1-4H3. The molecule has 5 nitrogen and oxygen atoms in total. The molecule has 3 unspecified atom stereocenters. The van der Waals surface area contributed by atoms with Gasteiger partial charge in [-0.15, -0.1) is 11.3 Å². The molecule has 4 aliphatic rings. The van der Waals surface area contributed by atoms with Gasteiger partial charge in [-0.25, -0.2) is 9.78 Å². The van der Waals surface area contributed by atoms with Crippen molar-refractivity contribution >= 4 is 27.5 Å². The molecular formula is C25H27NO4S. The Kier molecular flexibility index (Phi) is 4.19. The van der Waals surface area contributed by atoms with Crippen molar-refractivity contribution in [2.75, 3.05) is 6.61 Å². The summed E-state index contributed by atoms with van der Waals surface area (Å²) in [6, 6.07) is 0. The van der Waals surface area contributed by atoms with Crippen molar-refractivity contribution in [3.05, 3.63) is 50.7 Å². The smallest absolute Gasteiger partial charge is 0.342 e. The highest BCUT2D eigenvalue weighted by Crippen LogP contribution is 2.52. The van der Waals surface area contributed by atoms with E-state index in [0.29, 0.717) is 12.5 Å². The zero-order valence-corrected chi connectivity index (χ0v) is 19.2. The number of fused-ring (bicyclic) bond motifs is 2. The number of rotatable bonds is 1. The van der Waals surface area contributed by atoms with E-state index in [4.69, 9.17) is 19.2 Å². The molecule has 2 aromatic rings. The lowest BCUT2D eigenvalue weighted by molar-refractivity contribution is -0.160. The molecule has 1 saturated heterocycles. The van der Waals surface area contributed by atoms with E-state index < -0.39 is 11.9 Å². The number of pyridine rings is 1. The van der Waals surface area contributed by atoms with Crippen LogP contribution in [0.1, 0.15) is 85.2 Å². The number of nitrogens with zero attached hydrogens (tertiary/aromatic N) is 1. The molecule has 6 rings (SSSR count). The molecule has 31 heavy (non-hydrogen) atoms. The number of carbonyl (C=O) groups excluding carboxylic acids is 1. The molecule has 4 heterocycles. The number of cyclic esters (lactones) is 1. The number of hydrogen-bond acceptors (Lipinski definition) is 6. The maximum Gasteiger partial charge on any atom is 0.342 e. The lowest BCUT2D eigenvalue weighted by Crippen LogP contribution is -2.23. The Labute approximate surface area is 186 Å². The Morgan fingerprint density at radius 1 is 1.19 bits per heavy atom. The summed E-state index contributed by atoms with van der Waals surface area (Å²) in [5, 5.41) is 1.25. The summed E-state index contributed by atoms with van der Waals surface area (Å²) in [6.07, 6.45) is 7.93. The van der Waals surface area contributed by atoms with Crippen molar-refractivity contribution in [1.29, 1.82) is 0 Å². The van der Waals surface area contributed by atoms with Gasteiger partial charge in [0.15, 0.2) is 6.10 Å². The van der Waals surface area contributed by atoms with Gasteiger partial charge >= 0.3 is 5.97 Å². The summed E-state index contributed by atoms with van der Waals surface area (Å²) in [4.78, 5) is 20.5. The maximum atomic E-state index is 12.9. The van der Waals surface area contributed by atoms with Gasteiger partial charge in [-0.3, -0.25) is 0 Å². The van der Waals surface area contributed by atoms with Crippen molar-refractivity contribution in [3.8, 4) is 0 Å². The molecule has 2 aromatic heterocycles. The summed E-state index contributed by atoms with van der Waals surface area (Å²) in [7, 11) is 0. The van der Waals surface area contributed by atoms with Crippen molar-refractivity contribution < 1.29 is 19.0 Å². The van der Waals surface area contributed by atoms with Crippen molar-refractivity contribution in [2.45, 2.75) is 77.1 Å². The molecule has 0 radical (unpaired) electrons. The summed E-state index contributed by atoms with van der Waals surface area (Å²) in [6.45, 7) is 8.41. The van der Waals surface area contributed by atoms with Gasteiger partial charge in [0.1, 0.15) is 10.6 Å². The van der Waals surface area contributed by atoms with Crippen molar-refractivity contribution in [3.63, 3.8) is 0 Å². The third-order valence-corrected chi connectivity index (χ3v) is 8.16. The Bertz CT molecular complexity index is 1190. The van der Waals surface area contributed by atoms with Crippen LogP contribution in [0.4, 0.5) is 0 Å². The second-order valence-electron chi connectivity index (χ2n) is 9.65. The maximum absolute atomic E-state index is 12.9. The number of aromatic nitrogens is 1. The van der Waals surface area contributed by atoms with Gasteiger partial charge < -0.3 is 14.2 Å². The van der Waals surface area contributed by atoms with Crippen LogP contribution in [-0.4, -0.2) is 23.3 Å². The number of esters is 1. The highest BCUT2D eigenvalue weighted by atomic mass is 32.1. The lowest BCUT2D eigenvalue weighted by atomic mass is 9.77. The molecule has 0 saturated carbocycles. The van der Waals surface area contributed by atoms with Crippen molar-refractivity contribution in [2.24, 2.45) is 0 Å². The number of ether oxygens (including phenoxy) is 3. The summed E-state index contributed by atoms with van der Waals surface area (Å²) < 4.78 is 18.2. The number of allylic oxidation sites excluding steroid dienone is 4. The third-order valence-electron chi connectivity index (χ3n) is 7.00. The first kappa shape index (κ1) is 19.5. The van der Waals surface area contributed by atoms with Gasteiger partial charge in [0.25, 0.3) is 0 Å². The van der Waals surface area contributed by atoms with E-state index in [1.54, 1.807) is 13.8 Å². The van der Waals surface area contributed by atoms with E-state index in [2.05, 4.69) is 19.1 Å². The minimum Gasteiger partial charge on any atom is -0.497 e. The van der Waals surface area contributed by atoms with Crippen molar-refractivity contribution in [1.82, 2.24) is 4.98 Å². The predicted molar refractivity (Wildman–Crippen MR) is 119 cm³/mol. The van der Waals surface area contributed by atoms with Crippen LogP contribution in [0.25, 0.3) is 10.2 Å². The second kappa shape index (κ2) is 6.66. The number of hydrogen-bond donors (Lipinski definition) is 0. The Balaban J connectivity index is 1.68. The van der Waals surface area contributed by atoms with Crippen LogP contribution in [0.5, 0.6) is 0 Å². The van der Waals surface area contributed by atoms with Crippen LogP contribution in [0, 0.1) is 6.92 Å². The zero-order valence-electron chi connectivity index (χ0n) is 18.4. The summed E-state index contributed by atoms with van der Waals surface area (Å²) >= 11 is 1.82. The van der Waals surface area contributed by atoms with Crippen LogP contribution in [-0.2, 0) is 25.4 Å². The van der Waals surface area contributed by atoms with Gasteiger partial charge in [0.05, 0.1) is 6.61 Å². The number of carbonyl (C=O) groups is 1. The average Bonchev–Trinajstić information content (AvgIpc) is 3.19. The van der Waals surface area contributed by atoms with Crippen LogP contribution in [0.15, 0.2) is 23.5 Å². The molecule has 3 atom stereocenters. The average molecular weight is 438 g/mol. The Hall–Kier alpha value is -2.18. The highest BCUT2D eigenvalue weighted by molar-refractivity contribution is 7.18. The van der Waals surface area contributed by atoms with Gasteiger partial charge in [0, 0.05) is 47.2 Å². The molecule has 162 valence electrons. The third kappa shape index (κ3) is 2.91. The number of thiophene rings is 1. The fraction of sp³-hybridized carbons (Fsp3) is 0.520. The SMILES string of the molecule is CC1=CCC2C(=C1)OCC1CCCc3sc4nc(C)c(C5OC(C)(C)OC5=O)c2c4c31. The normalized spacial score (nSPS) is 28.8. The van der Waals surface area contributed by atoms with Gasteiger partial charge in [-0.1, -0.05) is 11.6 Å². The van der Waals surface area contributed by atoms with E-state index in [1.165, 1.54) is 33.4 Å². The fourth-order valence-corrected chi connectivity index (χ4v) is 7.08. The van der Waals surface area contributed by atoms with E-state index in [1.807, 2.05) is 18.3 Å². The molecule has 1 fully saturated rings. The van der Waals surface area contributed by atoms with E-state index in [-0.39, 0.29) is 11.9 Å². The topological polar surface area (TPSA) is 57.6 Å². The lowest BCUT2D eigenvalue weighted by Gasteiger charge is -2.33. The summed E-state index contributed by atoms with van der Waals surface area (Å²) in [5.74, 6) is 0.163. The molecule has 0 amide bonds. The Morgan fingerprint density at radius 2 is 2.03 bits per heavy atom. The van der Waals surface area contributed by atoms with E-state index >= 15 is 0 Å². The van der Waals surface area contributed by atoms with E-state index in [9.17, 15) is 4.79 Å². The predicted octanol–water partition coefficient (Wildman–Crippen LogP) is 5.72. The first-order valence-corrected chi connectivity index (χ1v) is 12.0.